The van der Waals surface area contributed by atoms with E-state index in [9.17, 15) is 4.79 Å². The van der Waals surface area contributed by atoms with Crippen LogP contribution in [0.2, 0.25) is 0 Å². The van der Waals surface area contributed by atoms with E-state index >= 15 is 0 Å². The van der Waals surface area contributed by atoms with Gasteiger partial charge in [0.05, 0.1) is 19.8 Å². The molecule has 1 aliphatic rings. The number of rotatable bonds is 9. The fraction of sp³-hybridized carbons (Fsp3) is 0.611. The summed E-state index contributed by atoms with van der Waals surface area (Å²) in [5, 5.41) is 0. The van der Waals surface area contributed by atoms with Gasteiger partial charge in [0.1, 0.15) is 18.6 Å². The van der Waals surface area contributed by atoms with E-state index in [2.05, 4.69) is 4.90 Å². The molecule has 1 aromatic rings. The number of methoxy groups -OCH3 is 2. The summed E-state index contributed by atoms with van der Waals surface area (Å²) in [4.78, 5) is 14.3. The summed E-state index contributed by atoms with van der Waals surface area (Å²) in [5.74, 6) is 0.674. The molecule has 1 aliphatic heterocycles. The van der Waals surface area contributed by atoms with Crippen LogP contribution >= 0.6 is 0 Å². The molecular weight excluding hydrogens is 310 g/mol. The molecule has 2 rings (SSSR count). The van der Waals surface area contributed by atoms with Crippen LogP contribution in [0.15, 0.2) is 24.3 Å². The number of benzene rings is 1. The number of likely N-dealkylation sites (tertiary alicyclic amines) is 1. The summed E-state index contributed by atoms with van der Waals surface area (Å²) >= 11 is 0. The number of ether oxygens (including phenoxy) is 4. The maximum absolute atomic E-state index is 12.2. The molecule has 0 aliphatic carbocycles. The van der Waals surface area contributed by atoms with Gasteiger partial charge in [0.2, 0.25) is 0 Å². The fourth-order valence-corrected chi connectivity index (χ4v) is 2.94. The molecule has 24 heavy (non-hydrogen) atoms. The van der Waals surface area contributed by atoms with Crippen molar-refractivity contribution >= 4 is 5.97 Å². The standard InChI is InChI=1S/C18H27NO5/c1-4-23-18(20)17-11-16(24-13-21-2)12-19(17)10-9-14-5-7-15(22-3)8-6-14/h5-8,16-17H,4,9-13H2,1-3H3/t16-,17-/m1/s1. The molecule has 134 valence electrons. The zero-order valence-electron chi connectivity index (χ0n) is 14.7. The zero-order chi connectivity index (χ0) is 17.4. The summed E-state index contributed by atoms with van der Waals surface area (Å²) < 4.78 is 21.0. The maximum atomic E-state index is 12.2. The summed E-state index contributed by atoms with van der Waals surface area (Å²) in [5.41, 5.74) is 1.21. The minimum Gasteiger partial charge on any atom is -0.497 e. The van der Waals surface area contributed by atoms with Crippen LogP contribution in [-0.2, 0) is 25.4 Å². The van der Waals surface area contributed by atoms with E-state index in [0.29, 0.717) is 19.6 Å². The normalized spacial score (nSPS) is 21.0. The smallest absolute Gasteiger partial charge is 0.323 e. The second-order valence-corrected chi connectivity index (χ2v) is 5.79. The summed E-state index contributed by atoms with van der Waals surface area (Å²) in [6.45, 7) is 3.96. The van der Waals surface area contributed by atoms with E-state index in [1.807, 2.05) is 31.2 Å². The predicted molar refractivity (Wildman–Crippen MR) is 90.1 cm³/mol. The first-order chi connectivity index (χ1) is 11.7. The Morgan fingerprint density at radius 2 is 2.00 bits per heavy atom. The van der Waals surface area contributed by atoms with Crippen molar-refractivity contribution < 1.29 is 23.7 Å². The SMILES string of the molecule is CCOC(=O)[C@H]1C[C@@H](OCOC)CN1CCc1ccc(OC)cc1. The fourth-order valence-electron chi connectivity index (χ4n) is 2.94. The number of nitrogens with zero attached hydrogens (tertiary/aromatic N) is 1. The monoisotopic (exact) mass is 337 g/mol. The molecule has 0 bridgehead atoms. The van der Waals surface area contributed by atoms with E-state index < -0.39 is 0 Å². The molecule has 0 spiro atoms. The molecule has 1 saturated heterocycles. The molecule has 0 unspecified atom stereocenters. The lowest BCUT2D eigenvalue weighted by Crippen LogP contribution is -2.38. The molecule has 0 N–H and O–H groups in total. The highest BCUT2D eigenvalue weighted by Gasteiger charge is 2.37. The molecule has 0 saturated carbocycles. The average Bonchev–Trinajstić information content (AvgIpc) is 3.02. The minimum atomic E-state index is -0.245. The Morgan fingerprint density at radius 1 is 1.25 bits per heavy atom. The summed E-state index contributed by atoms with van der Waals surface area (Å²) in [7, 11) is 3.25. The average molecular weight is 337 g/mol. The number of hydrogen-bond acceptors (Lipinski definition) is 6. The van der Waals surface area contributed by atoms with Gasteiger partial charge >= 0.3 is 5.97 Å². The van der Waals surface area contributed by atoms with Crippen LogP contribution in [-0.4, -0.2) is 63.7 Å². The van der Waals surface area contributed by atoms with Gasteiger partial charge in [-0.2, -0.15) is 0 Å². The van der Waals surface area contributed by atoms with Gasteiger partial charge in [-0.1, -0.05) is 12.1 Å². The van der Waals surface area contributed by atoms with Gasteiger partial charge in [-0.15, -0.1) is 0 Å². The highest BCUT2D eigenvalue weighted by molar-refractivity contribution is 5.76. The van der Waals surface area contributed by atoms with Gasteiger partial charge in [0.15, 0.2) is 0 Å². The lowest BCUT2D eigenvalue weighted by Gasteiger charge is -2.22. The van der Waals surface area contributed by atoms with Crippen molar-refractivity contribution in [2.75, 3.05) is 40.7 Å². The third-order valence-corrected chi connectivity index (χ3v) is 4.19. The predicted octanol–water partition coefficient (Wildman–Crippen LogP) is 1.86. The molecule has 0 aromatic heterocycles. The van der Waals surface area contributed by atoms with Crippen LogP contribution in [0.4, 0.5) is 0 Å². The number of esters is 1. The Labute approximate surface area is 143 Å². The Kier molecular flexibility index (Phi) is 7.49. The highest BCUT2D eigenvalue weighted by atomic mass is 16.7. The second kappa shape index (κ2) is 9.61. The van der Waals surface area contributed by atoms with Crippen LogP contribution < -0.4 is 4.74 Å². The summed E-state index contributed by atoms with van der Waals surface area (Å²) in [6.07, 6.45) is 1.50. The highest BCUT2D eigenvalue weighted by Crippen LogP contribution is 2.22. The first kappa shape index (κ1) is 18.7. The zero-order valence-corrected chi connectivity index (χ0v) is 14.7. The number of hydrogen-bond donors (Lipinski definition) is 0. The van der Waals surface area contributed by atoms with Crippen molar-refractivity contribution in [1.82, 2.24) is 4.90 Å². The third-order valence-electron chi connectivity index (χ3n) is 4.19. The van der Waals surface area contributed by atoms with Gasteiger partial charge in [0, 0.05) is 26.6 Å². The van der Waals surface area contributed by atoms with Crippen molar-refractivity contribution in [2.45, 2.75) is 31.9 Å². The molecule has 1 aromatic carbocycles. The van der Waals surface area contributed by atoms with Crippen LogP contribution in [0.1, 0.15) is 18.9 Å². The van der Waals surface area contributed by atoms with Crippen molar-refractivity contribution in [1.29, 1.82) is 0 Å². The molecule has 1 fully saturated rings. The van der Waals surface area contributed by atoms with Gasteiger partial charge < -0.3 is 18.9 Å². The van der Waals surface area contributed by atoms with E-state index in [4.69, 9.17) is 18.9 Å². The van der Waals surface area contributed by atoms with Crippen LogP contribution in [0.3, 0.4) is 0 Å². The van der Waals surface area contributed by atoms with E-state index in [0.717, 1.165) is 18.7 Å². The van der Waals surface area contributed by atoms with Gasteiger partial charge in [0.25, 0.3) is 0 Å². The van der Waals surface area contributed by atoms with Gasteiger partial charge in [-0.25, -0.2) is 0 Å². The number of carbonyl (C=O) groups excluding carboxylic acids is 1. The van der Waals surface area contributed by atoms with Crippen molar-refractivity contribution in [3.05, 3.63) is 29.8 Å². The van der Waals surface area contributed by atoms with Crippen LogP contribution in [0, 0.1) is 0 Å². The minimum absolute atomic E-state index is 0.00442. The molecule has 6 nitrogen and oxygen atoms in total. The van der Waals surface area contributed by atoms with Crippen LogP contribution in [0.25, 0.3) is 0 Å². The first-order valence-corrected chi connectivity index (χ1v) is 8.32. The Hall–Kier alpha value is -1.63. The van der Waals surface area contributed by atoms with Crippen molar-refractivity contribution in [2.24, 2.45) is 0 Å². The lowest BCUT2D eigenvalue weighted by atomic mass is 10.1. The van der Waals surface area contributed by atoms with Crippen LogP contribution in [0.5, 0.6) is 5.75 Å². The first-order valence-electron chi connectivity index (χ1n) is 8.32. The molecule has 0 radical (unpaired) electrons. The topological polar surface area (TPSA) is 57.2 Å². The Bertz CT molecular complexity index is 505. The molecule has 1 heterocycles. The van der Waals surface area contributed by atoms with E-state index in [1.54, 1.807) is 14.2 Å². The van der Waals surface area contributed by atoms with E-state index in [-0.39, 0.29) is 24.9 Å². The molecule has 0 amide bonds. The van der Waals surface area contributed by atoms with E-state index in [1.165, 1.54) is 5.56 Å². The Morgan fingerprint density at radius 3 is 2.62 bits per heavy atom. The molecule has 6 heteroatoms. The largest absolute Gasteiger partial charge is 0.497 e. The van der Waals surface area contributed by atoms with Gasteiger partial charge in [-0.05, 0) is 31.0 Å². The number of carbonyl (C=O) groups is 1. The second-order valence-electron chi connectivity index (χ2n) is 5.79. The molecular formula is C18H27NO5. The maximum Gasteiger partial charge on any atom is 0.323 e. The van der Waals surface area contributed by atoms with Crippen molar-refractivity contribution in [3.8, 4) is 5.75 Å². The lowest BCUT2D eigenvalue weighted by molar-refractivity contribution is -0.148. The summed E-state index contributed by atoms with van der Waals surface area (Å²) in [6, 6.07) is 7.75. The Balaban J connectivity index is 1.94. The third kappa shape index (κ3) is 5.19. The van der Waals surface area contributed by atoms with Crippen molar-refractivity contribution in [3.63, 3.8) is 0 Å². The quantitative estimate of drug-likeness (QED) is 0.506. The van der Waals surface area contributed by atoms with Gasteiger partial charge in [-0.3, -0.25) is 9.69 Å². The molecule has 2 atom stereocenters.